The minimum absolute atomic E-state index is 0.00117. The summed E-state index contributed by atoms with van der Waals surface area (Å²) in [6.07, 6.45) is 4.17. The third kappa shape index (κ3) is 8.43. The van der Waals surface area contributed by atoms with Gasteiger partial charge in [0, 0.05) is 19.3 Å². The maximum atomic E-state index is 12.4. The first-order valence-corrected chi connectivity index (χ1v) is 12.6. The number of carboxylic acids is 2. The van der Waals surface area contributed by atoms with Crippen LogP contribution < -0.4 is 10.6 Å². The summed E-state index contributed by atoms with van der Waals surface area (Å²) in [6.45, 7) is 2.08. The van der Waals surface area contributed by atoms with Gasteiger partial charge in [-0.25, -0.2) is 4.79 Å². The van der Waals surface area contributed by atoms with Crippen LogP contribution in [0.1, 0.15) is 68.6 Å². The van der Waals surface area contributed by atoms with E-state index in [0.717, 1.165) is 25.7 Å². The summed E-state index contributed by atoms with van der Waals surface area (Å²) in [4.78, 5) is 47.1. The van der Waals surface area contributed by atoms with Crippen LogP contribution in [0.15, 0.2) is 0 Å². The zero-order valence-electron chi connectivity index (χ0n) is 16.3. The van der Waals surface area contributed by atoms with Crippen molar-refractivity contribution in [3.05, 3.63) is 16.3 Å². The van der Waals surface area contributed by atoms with Gasteiger partial charge in [0.2, 0.25) is 11.8 Å². The minimum Gasteiger partial charge on any atom is -0.481 e. The van der Waals surface area contributed by atoms with Crippen molar-refractivity contribution in [2.75, 3.05) is 10.6 Å². The van der Waals surface area contributed by atoms with E-state index in [1.807, 2.05) is 67.8 Å². The van der Waals surface area contributed by atoms with Crippen molar-refractivity contribution < 1.29 is 29.4 Å². The van der Waals surface area contributed by atoms with E-state index in [1.54, 1.807) is 0 Å². The zero-order valence-corrected chi connectivity index (χ0v) is 22.8. The normalized spacial score (nSPS) is 10.5. The molecule has 0 fully saturated rings. The van der Waals surface area contributed by atoms with Crippen LogP contribution >= 0.6 is 67.8 Å². The fourth-order valence-corrected chi connectivity index (χ4v) is 6.75. The smallest absolute Gasteiger partial charge is 0.338 e. The molecule has 0 aromatic heterocycles. The number of aliphatic carboxylic acids is 1. The number of anilines is 2. The molecule has 11 heteroatoms. The van der Waals surface area contributed by atoms with Crippen molar-refractivity contribution in [1.29, 1.82) is 0 Å². The van der Waals surface area contributed by atoms with Gasteiger partial charge < -0.3 is 20.8 Å². The van der Waals surface area contributed by atoms with Crippen LogP contribution in [-0.2, 0) is 14.4 Å². The van der Waals surface area contributed by atoms with E-state index in [4.69, 9.17) is 5.11 Å². The molecule has 1 aromatic carbocycles. The predicted octanol–water partition coefficient (Wildman–Crippen LogP) is 5.30. The molecule has 0 aliphatic rings. The number of unbranched alkanes of at least 4 members (excludes halogenated alkanes) is 3. The number of benzene rings is 1. The number of rotatable bonds is 12. The van der Waals surface area contributed by atoms with E-state index in [0.29, 0.717) is 28.5 Å². The summed E-state index contributed by atoms with van der Waals surface area (Å²) in [6, 6.07) is 0. The van der Waals surface area contributed by atoms with Crippen molar-refractivity contribution in [2.45, 2.75) is 58.3 Å². The van der Waals surface area contributed by atoms with Crippen LogP contribution in [0, 0.1) is 10.7 Å². The Balaban J connectivity index is 3.14. The van der Waals surface area contributed by atoms with E-state index in [-0.39, 0.29) is 30.7 Å². The monoisotopic (exact) mass is 756 g/mol. The zero-order chi connectivity index (χ0) is 22.8. The molecule has 1 aromatic rings. The Labute approximate surface area is 215 Å². The van der Waals surface area contributed by atoms with E-state index in [1.165, 1.54) is 0 Å². The molecule has 0 aliphatic carbocycles. The lowest BCUT2D eigenvalue weighted by molar-refractivity contribution is -0.137. The molecule has 0 atom stereocenters. The molecular formula is C19H23I3N2O6. The van der Waals surface area contributed by atoms with Gasteiger partial charge in [-0.1, -0.05) is 26.2 Å². The van der Waals surface area contributed by atoms with Gasteiger partial charge in [-0.3, -0.25) is 14.4 Å². The van der Waals surface area contributed by atoms with E-state index >= 15 is 0 Å². The van der Waals surface area contributed by atoms with Gasteiger partial charge in [-0.05, 0) is 80.6 Å². The molecule has 0 radical (unpaired) electrons. The Morgan fingerprint density at radius 2 is 1.23 bits per heavy atom. The summed E-state index contributed by atoms with van der Waals surface area (Å²) in [5.41, 5.74) is 0.657. The van der Waals surface area contributed by atoms with Crippen LogP contribution in [0.4, 0.5) is 11.4 Å². The number of carbonyl (C=O) groups is 4. The molecule has 0 saturated carbocycles. The summed E-state index contributed by atoms with van der Waals surface area (Å²) in [5.74, 6) is -2.78. The van der Waals surface area contributed by atoms with Crippen LogP contribution in [0.3, 0.4) is 0 Å². The lowest BCUT2D eigenvalue weighted by atomic mass is 10.1. The van der Waals surface area contributed by atoms with Gasteiger partial charge in [0.1, 0.15) is 0 Å². The van der Waals surface area contributed by atoms with Gasteiger partial charge in [0.25, 0.3) is 0 Å². The number of hydrogen-bond acceptors (Lipinski definition) is 4. The quantitative estimate of drug-likeness (QED) is 0.169. The lowest BCUT2D eigenvalue weighted by Crippen LogP contribution is -2.20. The van der Waals surface area contributed by atoms with Gasteiger partial charge >= 0.3 is 11.9 Å². The van der Waals surface area contributed by atoms with Gasteiger partial charge in [0.15, 0.2) is 0 Å². The van der Waals surface area contributed by atoms with E-state index in [2.05, 4.69) is 17.6 Å². The Morgan fingerprint density at radius 3 is 1.67 bits per heavy atom. The Hall–Kier alpha value is -0.710. The maximum absolute atomic E-state index is 12.4. The molecule has 0 spiro atoms. The Kier molecular flexibility index (Phi) is 12.4. The number of aromatic carboxylic acids is 1. The topological polar surface area (TPSA) is 133 Å². The third-order valence-electron chi connectivity index (χ3n) is 4.11. The highest BCUT2D eigenvalue weighted by atomic mass is 127. The molecule has 166 valence electrons. The molecule has 1 rings (SSSR count). The molecule has 8 nitrogen and oxygen atoms in total. The molecule has 30 heavy (non-hydrogen) atoms. The molecule has 4 N–H and O–H groups in total. The minimum atomic E-state index is -1.17. The number of carboxylic acid groups (broad SMARTS) is 2. The van der Waals surface area contributed by atoms with Crippen LogP contribution in [0.5, 0.6) is 0 Å². The van der Waals surface area contributed by atoms with Crippen LogP contribution in [-0.4, -0.2) is 34.0 Å². The fraction of sp³-hybridized carbons (Fsp3) is 0.474. The maximum Gasteiger partial charge on any atom is 0.338 e. The predicted molar refractivity (Wildman–Crippen MR) is 139 cm³/mol. The first kappa shape index (κ1) is 27.3. The molecule has 0 aliphatic heterocycles. The summed E-state index contributed by atoms with van der Waals surface area (Å²) in [5, 5.41) is 23.8. The Morgan fingerprint density at radius 1 is 0.733 bits per heavy atom. The molecular weight excluding hydrogens is 733 g/mol. The van der Waals surface area contributed by atoms with E-state index in [9.17, 15) is 24.3 Å². The van der Waals surface area contributed by atoms with Gasteiger partial charge in [-0.2, -0.15) is 0 Å². The first-order valence-electron chi connectivity index (χ1n) is 9.35. The average Bonchev–Trinajstić information content (AvgIpc) is 2.65. The number of amides is 2. The van der Waals surface area contributed by atoms with Gasteiger partial charge in [-0.15, -0.1) is 0 Å². The van der Waals surface area contributed by atoms with Gasteiger partial charge in [0.05, 0.1) is 27.6 Å². The second-order valence-electron chi connectivity index (χ2n) is 6.53. The van der Waals surface area contributed by atoms with Crippen LogP contribution in [0.25, 0.3) is 0 Å². The van der Waals surface area contributed by atoms with Crippen molar-refractivity contribution in [1.82, 2.24) is 0 Å². The second kappa shape index (κ2) is 13.6. The van der Waals surface area contributed by atoms with E-state index < -0.39 is 17.8 Å². The summed E-state index contributed by atoms with van der Waals surface area (Å²) < 4.78 is 1.26. The van der Waals surface area contributed by atoms with Crippen molar-refractivity contribution >= 4 is 103 Å². The van der Waals surface area contributed by atoms with Crippen molar-refractivity contribution in [2.24, 2.45) is 0 Å². The molecule has 0 unspecified atom stereocenters. The SMILES string of the molecule is CCCCCCC(=O)Nc1c(I)c(NC(=O)CCCC(=O)O)c(I)c(C(=O)O)c1I. The van der Waals surface area contributed by atoms with Crippen molar-refractivity contribution in [3.8, 4) is 0 Å². The standard InChI is InChI=1S/C19H23I3N2O6/c1-2-3-4-5-7-10(25)23-17-14(20)13(19(29)30)15(21)18(16(17)22)24-11(26)8-6-9-12(27)28/h2-9H2,1H3,(H,23,25)(H,24,26)(H,27,28)(H,29,30). The van der Waals surface area contributed by atoms with Crippen molar-refractivity contribution in [3.63, 3.8) is 0 Å². The largest absolute Gasteiger partial charge is 0.481 e. The summed E-state index contributed by atoms with van der Waals surface area (Å²) >= 11 is 5.72. The number of hydrogen-bond donors (Lipinski definition) is 4. The average molecular weight is 756 g/mol. The van der Waals surface area contributed by atoms with Crippen LogP contribution in [0.2, 0.25) is 0 Å². The number of carbonyl (C=O) groups excluding carboxylic acids is 2. The Bertz CT molecular complexity index is 829. The second-order valence-corrected chi connectivity index (χ2v) is 9.76. The first-order chi connectivity index (χ1) is 14.1. The fourth-order valence-electron chi connectivity index (χ4n) is 2.59. The highest BCUT2D eigenvalue weighted by molar-refractivity contribution is 14.1. The highest BCUT2D eigenvalue weighted by Crippen LogP contribution is 2.39. The molecule has 2 amide bonds. The third-order valence-corrected chi connectivity index (χ3v) is 7.35. The lowest BCUT2D eigenvalue weighted by Gasteiger charge is -2.19. The molecule has 0 saturated heterocycles. The molecule has 0 bridgehead atoms. The number of halogens is 3. The number of nitrogens with one attached hydrogen (secondary N) is 2. The molecule has 0 heterocycles. The summed E-state index contributed by atoms with van der Waals surface area (Å²) in [7, 11) is 0. The highest BCUT2D eigenvalue weighted by Gasteiger charge is 2.26.